The number of halogens is 10. The highest BCUT2D eigenvalue weighted by atomic mass is 32.1. The lowest BCUT2D eigenvalue weighted by Gasteiger charge is -2.17. The fraction of sp³-hybridized carbons (Fsp3) is 0.250. The van der Waals surface area contributed by atoms with Gasteiger partial charge in [-0.25, -0.2) is 87.1 Å². The first-order chi connectivity index (χ1) is 71.4. The molecule has 0 amide bonds. The maximum absolute atomic E-state index is 13.7. The minimum atomic E-state index is -5.08. The smallest absolute Gasteiger partial charge is 0.490 e. The van der Waals surface area contributed by atoms with Crippen LogP contribution in [0.1, 0.15) is 66.0 Å². The number of para-hydroxylation sites is 2. The van der Waals surface area contributed by atoms with Gasteiger partial charge in [0.25, 0.3) is 0 Å². The number of aromatic nitrogens is 15. The number of hydrogen-bond acceptors (Lipinski definition) is 36. The van der Waals surface area contributed by atoms with Gasteiger partial charge in [-0.3, -0.25) is 5.10 Å². The van der Waals surface area contributed by atoms with E-state index in [4.69, 9.17) is 52.5 Å². The number of aliphatic carboxylic acids is 1. The Bertz CT molecular complexity index is 7720. The Morgan fingerprint density at radius 3 is 1.11 bits per heavy atom. The van der Waals surface area contributed by atoms with Crippen LogP contribution in [0.4, 0.5) is 113 Å². The topological polar surface area (TPSA) is 389 Å². The molecule has 3 unspecified atom stereocenters. The third kappa shape index (κ3) is 28.8. The number of carboxylic acid groups (broad SMARTS) is 1. The SMILES string of the molecule is CCOc1cc(F)ccc1Nc1ncnc2cc(C)sc12.Cc1cc2ncnc(Nc3ccc(F)cc3OC(C)C)c2s1.Cc1cc2ncnc(Nc3ccc(F)cc3OC3CCOC3)c2s1.Cc1cc2ncnc(Nc3ccc(F)cc3OCCC(F)(F)F)c2s1.O=C(O)C(F)(F)F.c1ccc(OC2CCOC2)c(Nc2ncnc3ccsc23)c1.c1n[nH]c(-c2ccc(Nc3ncnc4ccsc34)c(OC3CCOC3)c2)n1. The van der Waals surface area contributed by atoms with Crippen molar-refractivity contribution in [2.75, 3.05) is 84.8 Å². The van der Waals surface area contributed by atoms with Gasteiger partial charge in [0.2, 0.25) is 0 Å². The molecule has 3 fully saturated rings. The highest BCUT2D eigenvalue weighted by Gasteiger charge is 2.38. The van der Waals surface area contributed by atoms with Crippen molar-refractivity contribution in [3.8, 4) is 45.9 Å². The van der Waals surface area contributed by atoms with E-state index in [0.717, 1.165) is 159 Å². The van der Waals surface area contributed by atoms with Gasteiger partial charge in [-0.15, -0.1) is 68.0 Å². The molecule has 3 aliphatic rings. The van der Waals surface area contributed by atoms with Gasteiger partial charge in [0.15, 0.2) is 40.7 Å². The van der Waals surface area contributed by atoms with Crippen molar-refractivity contribution < 1.29 is 96.4 Å². The molecular weight excluding hydrogens is 2050 g/mol. The Morgan fingerprint density at radius 1 is 0.405 bits per heavy atom. The molecule has 0 aliphatic carbocycles. The highest BCUT2D eigenvalue weighted by Crippen LogP contribution is 2.43. The van der Waals surface area contributed by atoms with Crippen molar-refractivity contribution in [1.82, 2.24) is 75.0 Å². The number of carbonyl (C=O) groups is 1. The van der Waals surface area contributed by atoms with E-state index >= 15 is 0 Å². The first kappa shape index (κ1) is 106. The molecule has 48 heteroatoms. The van der Waals surface area contributed by atoms with E-state index < -0.39 is 37.2 Å². The second-order valence-electron chi connectivity index (χ2n) is 32.7. The quantitative estimate of drug-likeness (QED) is 0.0233. The Hall–Kier alpha value is -15.1. The van der Waals surface area contributed by atoms with Crippen LogP contribution in [0.25, 0.3) is 72.7 Å². The number of alkyl halides is 6. The van der Waals surface area contributed by atoms with Gasteiger partial charge in [0, 0.05) is 68.6 Å². The summed E-state index contributed by atoms with van der Waals surface area (Å²) >= 11 is 9.56. The summed E-state index contributed by atoms with van der Waals surface area (Å²) < 4.78 is 179. The Kier molecular flexibility index (Phi) is 35.3. The Balaban J connectivity index is 0.000000125. The summed E-state index contributed by atoms with van der Waals surface area (Å²) in [5, 5.41) is 37.4. The summed E-state index contributed by atoms with van der Waals surface area (Å²) in [4.78, 5) is 68.9. The molecule has 3 atom stereocenters. The molecule has 22 rings (SSSR count). The molecule has 3 saturated heterocycles. The standard InChI is InChI=1S/C18H16N6O2S.C17H16FN3O2S.C16H13F4N3OS.C16H16FN3OS.C16H15N3O2S.C15H14FN3OS.C2HF3O2/c1-2-13(23-18-16-14(4-6-27-16)19-9-20-18)15(26-12-3-5-25-8-12)7-11(1)17-21-10-22-24-17;1-10-6-14-16(24-10)17(20-9-19-14)21-13-3-2-11(18)7-15(13)23-12-4-5-22-8-12;1-9-6-12-14(25-9)15(22-8-21-12)23-11-3-2-10(17)7-13(11)24-5-4-16(18,19)20;1-9(2)21-14-7-11(17)4-5-12(14)20-16-15-13(18-8-19-16)6-10(3)22-15;1-2-4-14(21-11-5-7-20-9-11)12(3-1)19-16-15-13(6-8-22-15)17-10-18-16;1-3-20-13-7-10(16)4-5-11(13)19-15-14-12(17-8-18-15)6-9(2)21-14;3-2(4,5)1(6)7/h1-2,4,6-7,9-10,12H,3,5,8H2,(H,19,20,23)(H,21,22,24);2-3,6-7,9,12H,4-5,8H2,1H3,(H,19,20,21);2-3,6-8H,4-5H2,1H3,(H,21,22,23);4-9H,1-3H3,(H,18,19,20);1-4,6,8,10-11H,5,7,9H2,(H,17,18,19);4-8H,3H2,1-2H3,(H,17,18,19);(H,6,7). The van der Waals surface area contributed by atoms with Crippen molar-refractivity contribution in [1.29, 1.82) is 0 Å². The zero-order valence-electron chi connectivity index (χ0n) is 79.4. The average Bonchev–Trinajstić information content (AvgIpc) is 1.69. The molecule has 0 bridgehead atoms. The summed E-state index contributed by atoms with van der Waals surface area (Å²) in [5.74, 6) is 3.40. The number of aromatic amines is 1. The predicted octanol–water partition coefficient (Wildman–Crippen LogP) is 25.8. The van der Waals surface area contributed by atoms with E-state index in [2.05, 4.69) is 107 Å². The monoisotopic (exact) mass is 2140 g/mol. The number of nitrogens with one attached hydrogen (secondary N) is 7. The van der Waals surface area contributed by atoms with Crippen LogP contribution in [-0.4, -0.2) is 176 Å². The molecule has 16 heterocycles. The molecule has 3 aliphatic heterocycles. The summed E-state index contributed by atoms with van der Waals surface area (Å²) in [6, 6.07) is 42.6. The molecule has 0 radical (unpaired) electrons. The summed E-state index contributed by atoms with van der Waals surface area (Å²) in [6.07, 6.45) is 2.66. The first-order valence-corrected chi connectivity index (χ1v) is 50.6. The van der Waals surface area contributed by atoms with Gasteiger partial charge in [0.1, 0.15) is 120 Å². The van der Waals surface area contributed by atoms with E-state index in [0.29, 0.717) is 102 Å². The molecule has 13 aromatic heterocycles. The lowest BCUT2D eigenvalue weighted by Crippen LogP contribution is -2.21. The van der Waals surface area contributed by atoms with E-state index in [1.807, 2.05) is 138 Å². The maximum atomic E-state index is 13.7. The number of ether oxygens (including phenoxy) is 9. The van der Waals surface area contributed by atoms with E-state index in [9.17, 15) is 43.9 Å². The van der Waals surface area contributed by atoms with E-state index in [1.165, 1.54) is 91.5 Å². The molecule has 32 nitrogen and oxygen atoms in total. The van der Waals surface area contributed by atoms with Crippen molar-refractivity contribution in [2.24, 2.45) is 0 Å². The number of rotatable bonds is 26. The number of aryl methyl sites for hydroxylation is 4. The summed E-state index contributed by atoms with van der Waals surface area (Å²) in [5.41, 5.74) is 10.3. The fourth-order valence-electron chi connectivity index (χ4n) is 14.5. The third-order valence-corrected chi connectivity index (χ3v) is 27.2. The normalized spacial score (nSPS) is 14.2. The number of anilines is 12. The van der Waals surface area contributed by atoms with Gasteiger partial charge < -0.3 is 79.6 Å². The molecule has 6 aromatic carbocycles. The van der Waals surface area contributed by atoms with Gasteiger partial charge in [-0.2, -0.15) is 31.4 Å². The number of nitrogens with zero attached hydrogens (tertiary/aromatic N) is 14. The fourth-order valence-corrected chi connectivity index (χ4v) is 19.8. The van der Waals surface area contributed by atoms with Crippen LogP contribution in [0.3, 0.4) is 0 Å². The van der Waals surface area contributed by atoms with Crippen molar-refractivity contribution in [3.05, 3.63) is 249 Å². The molecule has 768 valence electrons. The second-order valence-corrected chi connectivity index (χ2v) is 39.5. The molecular formula is C100H91F10N21O11S6. The lowest BCUT2D eigenvalue weighted by atomic mass is 10.1. The van der Waals surface area contributed by atoms with Crippen LogP contribution in [0.2, 0.25) is 0 Å². The Morgan fingerprint density at radius 2 is 0.743 bits per heavy atom. The van der Waals surface area contributed by atoms with Crippen molar-refractivity contribution in [2.45, 2.75) is 111 Å². The van der Waals surface area contributed by atoms with Crippen LogP contribution in [-0.2, 0) is 19.0 Å². The van der Waals surface area contributed by atoms with Crippen LogP contribution < -0.4 is 60.3 Å². The minimum Gasteiger partial charge on any atom is -0.492 e. The molecule has 0 spiro atoms. The summed E-state index contributed by atoms with van der Waals surface area (Å²) in [7, 11) is 0. The predicted molar refractivity (Wildman–Crippen MR) is 553 cm³/mol. The van der Waals surface area contributed by atoms with Gasteiger partial charge >= 0.3 is 18.3 Å². The molecule has 148 heavy (non-hydrogen) atoms. The largest absolute Gasteiger partial charge is 0.492 e. The summed E-state index contributed by atoms with van der Waals surface area (Å²) in [6.45, 7) is 17.5. The molecule has 19 aromatic rings. The second kappa shape index (κ2) is 49.4. The number of thiophene rings is 6. The molecule has 0 saturated carbocycles. The van der Waals surface area contributed by atoms with E-state index in [-0.39, 0.29) is 47.6 Å². The highest BCUT2D eigenvalue weighted by molar-refractivity contribution is 7.21. The lowest BCUT2D eigenvalue weighted by molar-refractivity contribution is -0.192. The number of hydrogen-bond donors (Lipinski definition) is 8. The van der Waals surface area contributed by atoms with Gasteiger partial charge in [0.05, 0.1) is 161 Å². The Labute approximate surface area is 861 Å². The average molecular weight is 2150 g/mol. The van der Waals surface area contributed by atoms with Gasteiger partial charge in [-0.05, 0) is 174 Å². The van der Waals surface area contributed by atoms with Crippen molar-refractivity contribution in [3.63, 3.8) is 0 Å². The van der Waals surface area contributed by atoms with Crippen LogP contribution >= 0.6 is 68.0 Å². The van der Waals surface area contributed by atoms with Gasteiger partial charge in [-0.1, -0.05) is 12.1 Å². The first-order valence-electron chi connectivity index (χ1n) is 45.5. The number of carboxylic acids is 1. The number of benzene rings is 6. The molecule has 8 N–H and O–H groups in total. The van der Waals surface area contributed by atoms with Crippen LogP contribution in [0, 0.1) is 51.0 Å². The number of fused-ring (bicyclic) bond motifs is 6. The number of H-pyrrole nitrogens is 1. The minimum absolute atomic E-state index is 0.00992. The van der Waals surface area contributed by atoms with Crippen LogP contribution in [0.15, 0.2) is 207 Å². The third-order valence-electron chi connectivity index (χ3n) is 21.2. The van der Waals surface area contributed by atoms with E-state index in [1.54, 1.807) is 87.5 Å². The zero-order valence-corrected chi connectivity index (χ0v) is 84.3. The maximum Gasteiger partial charge on any atom is 0.490 e. The zero-order chi connectivity index (χ0) is 104. The van der Waals surface area contributed by atoms with Crippen molar-refractivity contribution >= 4 is 204 Å². The van der Waals surface area contributed by atoms with Crippen LogP contribution in [0.5, 0.6) is 34.5 Å².